The van der Waals surface area contributed by atoms with E-state index in [4.69, 9.17) is 5.73 Å². The summed E-state index contributed by atoms with van der Waals surface area (Å²) in [6.45, 7) is 18.1. The van der Waals surface area contributed by atoms with E-state index in [1.54, 1.807) is 0 Å². The molecule has 0 spiro atoms. The van der Waals surface area contributed by atoms with Crippen molar-refractivity contribution in [1.82, 2.24) is 9.80 Å². The van der Waals surface area contributed by atoms with Crippen LogP contribution in [0.15, 0.2) is 0 Å². The minimum atomic E-state index is 0.298. The van der Waals surface area contributed by atoms with Gasteiger partial charge in [-0.05, 0) is 52.0 Å². The maximum absolute atomic E-state index is 5.92. The highest BCUT2D eigenvalue weighted by molar-refractivity contribution is 4.69. The second kappa shape index (κ2) is 9.86. The lowest BCUT2D eigenvalue weighted by Crippen LogP contribution is -2.37. The first-order valence-corrected chi connectivity index (χ1v) is 7.25. The van der Waals surface area contributed by atoms with Crippen molar-refractivity contribution < 1.29 is 0 Å². The van der Waals surface area contributed by atoms with Crippen LogP contribution in [0.4, 0.5) is 0 Å². The summed E-state index contributed by atoms with van der Waals surface area (Å²) in [5.74, 6) is 0.586. The molecule has 17 heavy (non-hydrogen) atoms. The molecule has 0 amide bonds. The average molecular weight is 243 g/mol. The highest BCUT2D eigenvalue weighted by atomic mass is 15.1. The van der Waals surface area contributed by atoms with Crippen molar-refractivity contribution in [2.45, 2.75) is 47.1 Å². The minimum absolute atomic E-state index is 0.298. The summed E-state index contributed by atoms with van der Waals surface area (Å²) >= 11 is 0. The Balaban J connectivity index is 3.82. The van der Waals surface area contributed by atoms with Gasteiger partial charge in [0.15, 0.2) is 0 Å². The van der Waals surface area contributed by atoms with E-state index in [1.165, 1.54) is 32.6 Å². The Hall–Kier alpha value is -0.120. The molecule has 0 saturated heterocycles. The molecule has 0 radical (unpaired) electrons. The Kier molecular flexibility index (Phi) is 9.79. The van der Waals surface area contributed by atoms with E-state index in [9.17, 15) is 0 Å². The molecule has 0 aromatic heterocycles. The van der Waals surface area contributed by atoms with Crippen LogP contribution < -0.4 is 5.73 Å². The number of hydrogen-bond acceptors (Lipinski definition) is 3. The van der Waals surface area contributed by atoms with Crippen molar-refractivity contribution in [1.29, 1.82) is 0 Å². The Morgan fingerprint density at radius 2 is 1.35 bits per heavy atom. The van der Waals surface area contributed by atoms with Gasteiger partial charge in [0.25, 0.3) is 0 Å². The molecule has 0 heterocycles. The normalized spacial score (nSPS) is 15.5. The lowest BCUT2D eigenvalue weighted by Gasteiger charge is -2.27. The van der Waals surface area contributed by atoms with E-state index in [0.717, 1.165) is 13.1 Å². The first-order valence-electron chi connectivity index (χ1n) is 7.25. The van der Waals surface area contributed by atoms with Crippen LogP contribution in [0.1, 0.15) is 41.0 Å². The molecule has 3 heteroatoms. The van der Waals surface area contributed by atoms with Crippen molar-refractivity contribution in [3.63, 3.8) is 0 Å². The highest BCUT2D eigenvalue weighted by Crippen LogP contribution is 2.04. The van der Waals surface area contributed by atoms with E-state index in [0.29, 0.717) is 12.0 Å². The maximum atomic E-state index is 5.92. The zero-order chi connectivity index (χ0) is 13.3. The van der Waals surface area contributed by atoms with Crippen molar-refractivity contribution >= 4 is 0 Å². The Morgan fingerprint density at radius 3 is 1.76 bits per heavy atom. The molecule has 104 valence electrons. The highest BCUT2D eigenvalue weighted by Gasteiger charge is 2.12. The SMILES string of the molecule is CCN(CC)CCCN(CC)CC(C)C(C)N. The molecule has 0 bridgehead atoms. The third-order valence-electron chi connectivity index (χ3n) is 3.73. The van der Waals surface area contributed by atoms with Crippen LogP contribution in [0.5, 0.6) is 0 Å². The van der Waals surface area contributed by atoms with E-state index in [2.05, 4.69) is 44.4 Å². The second-order valence-corrected chi connectivity index (χ2v) is 5.11. The molecule has 0 aliphatic heterocycles. The smallest absolute Gasteiger partial charge is 0.00483 e. The number of nitrogens with two attached hydrogens (primary N) is 1. The van der Waals surface area contributed by atoms with Crippen molar-refractivity contribution in [3.8, 4) is 0 Å². The van der Waals surface area contributed by atoms with Gasteiger partial charge in [0, 0.05) is 12.6 Å². The van der Waals surface area contributed by atoms with Gasteiger partial charge in [-0.25, -0.2) is 0 Å². The largest absolute Gasteiger partial charge is 0.328 e. The van der Waals surface area contributed by atoms with Crippen LogP contribution in [0.2, 0.25) is 0 Å². The summed E-state index contributed by atoms with van der Waals surface area (Å²) in [6, 6.07) is 0.298. The van der Waals surface area contributed by atoms with Crippen LogP contribution in [-0.4, -0.2) is 55.1 Å². The topological polar surface area (TPSA) is 32.5 Å². The van der Waals surface area contributed by atoms with E-state index in [-0.39, 0.29) is 0 Å². The van der Waals surface area contributed by atoms with Crippen LogP contribution >= 0.6 is 0 Å². The lowest BCUT2D eigenvalue weighted by molar-refractivity contribution is 0.213. The Morgan fingerprint density at radius 1 is 0.882 bits per heavy atom. The van der Waals surface area contributed by atoms with Gasteiger partial charge < -0.3 is 15.5 Å². The lowest BCUT2D eigenvalue weighted by atomic mass is 10.0. The Bertz CT molecular complexity index is 167. The molecule has 0 aliphatic carbocycles. The molecule has 0 aromatic carbocycles. The van der Waals surface area contributed by atoms with E-state index in [1.807, 2.05) is 0 Å². The molecule has 2 unspecified atom stereocenters. The third-order valence-corrected chi connectivity index (χ3v) is 3.73. The molecule has 2 atom stereocenters. The first-order chi connectivity index (χ1) is 8.04. The van der Waals surface area contributed by atoms with Gasteiger partial charge in [-0.15, -0.1) is 0 Å². The average Bonchev–Trinajstić information content (AvgIpc) is 2.32. The summed E-state index contributed by atoms with van der Waals surface area (Å²) in [5, 5.41) is 0. The van der Waals surface area contributed by atoms with Gasteiger partial charge >= 0.3 is 0 Å². The first kappa shape index (κ1) is 16.9. The predicted molar refractivity (Wildman–Crippen MR) is 77.3 cm³/mol. The van der Waals surface area contributed by atoms with Gasteiger partial charge in [0.1, 0.15) is 0 Å². The third kappa shape index (κ3) is 7.74. The fourth-order valence-electron chi connectivity index (χ4n) is 2.01. The molecule has 0 fully saturated rings. The van der Waals surface area contributed by atoms with Crippen LogP contribution in [0.3, 0.4) is 0 Å². The van der Waals surface area contributed by atoms with Crippen molar-refractivity contribution in [2.24, 2.45) is 11.7 Å². The van der Waals surface area contributed by atoms with Gasteiger partial charge in [-0.3, -0.25) is 0 Å². The zero-order valence-corrected chi connectivity index (χ0v) is 12.6. The van der Waals surface area contributed by atoms with Gasteiger partial charge in [-0.2, -0.15) is 0 Å². The standard InChI is InChI=1S/C14H33N3/c1-6-16(7-2)10-9-11-17(8-3)12-13(4)14(5)15/h13-14H,6-12,15H2,1-5H3. The predicted octanol–water partition coefficient (Wildman–Crippen LogP) is 2.02. The van der Waals surface area contributed by atoms with Crippen LogP contribution in [-0.2, 0) is 0 Å². The fraction of sp³-hybridized carbons (Fsp3) is 1.00. The summed E-state index contributed by atoms with van der Waals surface area (Å²) in [7, 11) is 0. The van der Waals surface area contributed by atoms with Crippen LogP contribution in [0.25, 0.3) is 0 Å². The molecule has 2 N–H and O–H groups in total. The Labute approximate surface area is 108 Å². The number of nitrogens with zero attached hydrogens (tertiary/aromatic N) is 2. The zero-order valence-electron chi connectivity index (χ0n) is 12.6. The molecule has 3 nitrogen and oxygen atoms in total. The monoisotopic (exact) mass is 243 g/mol. The second-order valence-electron chi connectivity index (χ2n) is 5.11. The molecule has 0 aliphatic rings. The number of rotatable bonds is 10. The number of hydrogen-bond donors (Lipinski definition) is 1. The van der Waals surface area contributed by atoms with Crippen molar-refractivity contribution in [2.75, 3.05) is 39.3 Å². The quantitative estimate of drug-likeness (QED) is 0.637. The van der Waals surface area contributed by atoms with E-state index < -0.39 is 0 Å². The molecule has 0 saturated carbocycles. The fourth-order valence-corrected chi connectivity index (χ4v) is 2.01. The van der Waals surface area contributed by atoms with Gasteiger partial charge in [0.05, 0.1) is 0 Å². The van der Waals surface area contributed by atoms with Gasteiger partial charge in [-0.1, -0.05) is 27.7 Å². The van der Waals surface area contributed by atoms with Gasteiger partial charge in [0.2, 0.25) is 0 Å². The van der Waals surface area contributed by atoms with E-state index >= 15 is 0 Å². The summed E-state index contributed by atoms with van der Waals surface area (Å²) in [4.78, 5) is 5.01. The summed E-state index contributed by atoms with van der Waals surface area (Å²) in [5.41, 5.74) is 5.92. The maximum Gasteiger partial charge on any atom is 0.00483 e. The minimum Gasteiger partial charge on any atom is -0.328 e. The molecule has 0 aromatic rings. The van der Waals surface area contributed by atoms with Crippen LogP contribution in [0, 0.1) is 5.92 Å². The summed E-state index contributed by atoms with van der Waals surface area (Å²) in [6.07, 6.45) is 1.27. The van der Waals surface area contributed by atoms with Crippen molar-refractivity contribution in [3.05, 3.63) is 0 Å². The molecular weight excluding hydrogens is 210 g/mol. The molecule has 0 rings (SSSR count). The summed E-state index contributed by atoms with van der Waals surface area (Å²) < 4.78 is 0. The molecular formula is C14H33N3.